The minimum absolute atomic E-state index is 1.18. The molecule has 0 aliphatic carbocycles. The van der Waals surface area contributed by atoms with E-state index in [1.54, 1.807) is 0 Å². The van der Waals surface area contributed by atoms with Gasteiger partial charge >= 0.3 is 0 Å². The van der Waals surface area contributed by atoms with Crippen molar-refractivity contribution in [2.45, 2.75) is 97.6 Å². The van der Waals surface area contributed by atoms with Crippen LogP contribution < -0.4 is 4.57 Å². The molecule has 0 bridgehead atoms. The van der Waals surface area contributed by atoms with Crippen LogP contribution in [0.3, 0.4) is 0 Å². The van der Waals surface area contributed by atoms with Crippen LogP contribution in [0, 0.1) is 0 Å². The van der Waals surface area contributed by atoms with Crippen LogP contribution in [0.1, 0.15) is 84.5 Å². The largest absolute Gasteiger partial charge is 0.243 e. The average Bonchev–Trinajstić information content (AvgIpc) is 2.90. The molecule has 0 spiro atoms. The van der Waals surface area contributed by atoms with Crippen molar-refractivity contribution in [3.05, 3.63) is 18.7 Å². The molecule has 0 saturated carbocycles. The first-order valence-corrected chi connectivity index (χ1v) is 8.91. The molecular formula is C18H35N2+. The quantitative estimate of drug-likeness (QED) is 0.350. The second kappa shape index (κ2) is 12.0. The highest BCUT2D eigenvalue weighted by molar-refractivity contribution is 4.66. The van der Waals surface area contributed by atoms with Crippen LogP contribution in [-0.4, -0.2) is 4.57 Å². The Balaban J connectivity index is 1.99. The van der Waals surface area contributed by atoms with Crippen molar-refractivity contribution in [3.63, 3.8) is 0 Å². The van der Waals surface area contributed by atoms with Crippen LogP contribution in [0.15, 0.2) is 18.7 Å². The molecule has 0 aliphatic heterocycles. The van der Waals surface area contributed by atoms with Crippen molar-refractivity contribution in [2.75, 3.05) is 0 Å². The normalized spacial score (nSPS) is 11.1. The Labute approximate surface area is 126 Å². The van der Waals surface area contributed by atoms with Crippen molar-refractivity contribution < 1.29 is 4.57 Å². The van der Waals surface area contributed by atoms with Gasteiger partial charge in [0.2, 0.25) is 6.33 Å². The predicted octanol–water partition coefficient (Wildman–Crippen LogP) is 5.11. The lowest BCUT2D eigenvalue weighted by atomic mass is 10.1. The molecule has 0 aliphatic rings. The Kier molecular flexibility index (Phi) is 10.3. The highest BCUT2D eigenvalue weighted by Gasteiger charge is 2.02. The third-order valence-corrected chi connectivity index (χ3v) is 4.04. The molecule has 1 aromatic rings. The zero-order valence-electron chi connectivity index (χ0n) is 13.8. The van der Waals surface area contributed by atoms with Gasteiger partial charge in [0.15, 0.2) is 0 Å². The smallest absolute Gasteiger partial charge is 0.237 e. The molecular weight excluding hydrogens is 244 g/mol. The third kappa shape index (κ3) is 8.39. The van der Waals surface area contributed by atoms with Gasteiger partial charge in [-0.25, -0.2) is 9.13 Å². The Bertz CT molecular complexity index is 317. The van der Waals surface area contributed by atoms with Gasteiger partial charge in [-0.05, 0) is 25.7 Å². The van der Waals surface area contributed by atoms with E-state index in [0.29, 0.717) is 0 Å². The van der Waals surface area contributed by atoms with Gasteiger partial charge in [-0.3, -0.25) is 0 Å². The number of nitrogens with zero attached hydrogens (tertiary/aromatic N) is 2. The summed E-state index contributed by atoms with van der Waals surface area (Å²) in [5, 5.41) is 0. The summed E-state index contributed by atoms with van der Waals surface area (Å²) in [5.74, 6) is 0. The molecule has 0 N–H and O–H groups in total. The lowest BCUT2D eigenvalue weighted by Crippen LogP contribution is -2.30. The molecule has 0 atom stereocenters. The highest BCUT2D eigenvalue weighted by atomic mass is 15.1. The summed E-state index contributed by atoms with van der Waals surface area (Å²) in [5.41, 5.74) is 0. The molecule has 0 radical (unpaired) electrons. The van der Waals surface area contributed by atoms with Crippen LogP contribution in [0.2, 0.25) is 0 Å². The third-order valence-electron chi connectivity index (χ3n) is 4.04. The van der Waals surface area contributed by atoms with Gasteiger partial charge in [-0.2, -0.15) is 0 Å². The van der Waals surface area contributed by atoms with Crippen LogP contribution in [0.25, 0.3) is 0 Å². The van der Waals surface area contributed by atoms with Gasteiger partial charge in [0.1, 0.15) is 12.4 Å². The Morgan fingerprint density at radius 1 is 0.750 bits per heavy atom. The van der Waals surface area contributed by atoms with Gasteiger partial charge in [-0.1, -0.05) is 58.8 Å². The molecule has 1 heterocycles. The number of hydrogen-bond donors (Lipinski definition) is 0. The van der Waals surface area contributed by atoms with E-state index in [4.69, 9.17) is 0 Å². The zero-order chi connectivity index (χ0) is 14.5. The Hall–Kier alpha value is -0.790. The van der Waals surface area contributed by atoms with E-state index < -0.39 is 0 Å². The fourth-order valence-corrected chi connectivity index (χ4v) is 2.68. The molecule has 0 amide bonds. The molecule has 1 rings (SSSR count). The van der Waals surface area contributed by atoms with E-state index in [1.807, 2.05) is 0 Å². The number of aromatic nitrogens is 2. The fourth-order valence-electron chi connectivity index (χ4n) is 2.68. The summed E-state index contributed by atoms with van der Waals surface area (Å²) in [4.78, 5) is 0. The molecule has 116 valence electrons. The first-order chi connectivity index (χ1) is 9.86. The Morgan fingerprint density at radius 2 is 1.35 bits per heavy atom. The molecule has 2 nitrogen and oxygen atoms in total. The lowest BCUT2D eigenvalue weighted by molar-refractivity contribution is -0.696. The first kappa shape index (κ1) is 17.3. The van der Waals surface area contributed by atoms with Crippen LogP contribution >= 0.6 is 0 Å². The number of unbranched alkanes of at least 4 members (excludes halogenated alkanes) is 9. The van der Waals surface area contributed by atoms with Gasteiger partial charge < -0.3 is 0 Å². The van der Waals surface area contributed by atoms with Crippen molar-refractivity contribution in [1.82, 2.24) is 4.57 Å². The van der Waals surface area contributed by atoms with Crippen molar-refractivity contribution >= 4 is 0 Å². The van der Waals surface area contributed by atoms with E-state index >= 15 is 0 Å². The number of rotatable bonds is 13. The maximum atomic E-state index is 2.35. The Morgan fingerprint density at radius 3 is 2.05 bits per heavy atom. The summed E-state index contributed by atoms with van der Waals surface area (Å²) in [6.45, 7) is 6.91. The monoisotopic (exact) mass is 279 g/mol. The SMILES string of the molecule is CCCCCCCCCC[n+]1ccn(CCCCC)c1. The van der Waals surface area contributed by atoms with Gasteiger partial charge in [0.05, 0.1) is 13.1 Å². The second-order valence-electron chi connectivity index (χ2n) is 6.07. The van der Waals surface area contributed by atoms with Gasteiger partial charge in [0, 0.05) is 0 Å². The molecule has 0 aromatic carbocycles. The molecule has 0 unspecified atom stereocenters. The summed E-state index contributed by atoms with van der Waals surface area (Å²) in [7, 11) is 0. The summed E-state index contributed by atoms with van der Waals surface area (Å²) in [6.07, 6.45) is 21.9. The van der Waals surface area contributed by atoms with Crippen LogP contribution in [-0.2, 0) is 13.1 Å². The van der Waals surface area contributed by atoms with E-state index in [9.17, 15) is 0 Å². The minimum Gasteiger partial charge on any atom is -0.237 e. The van der Waals surface area contributed by atoms with Crippen LogP contribution in [0.4, 0.5) is 0 Å². The van der Waals surface area contributed by atoms with Crippen molar-refractivity contribution in [2.24, 2.45) is 0 Å². The van der Waals surface area contributed by atoms with E-state index in [0.717, 1.165) is 0 Å². The van der Waals surface area contributed by atoms with Gasteiger partial charge in [0.25, 0.3) is 0 Å². The predicted molar refractivity (Wildman–Crippen MR) is 86.8 cm³/mol. The lowest BCUT2D eigenvalue weighted by Gasteiger charge is -2.00. The fraction of sp³-hybridized carbons (Fsp3) is 0.833. The summed E-state index contributed by atoms with van der Waals surface area (Å²) < 4.78 is 4.68. The number of imidazole rings is 1. The van der Waals surface area contributed by atoms with Gasteiger partial charge in [-0.15, -0.1) is 0 Å². The van der Waals surface area contributed by atoms with E-state index in [-0.39, 0.29) is 0 Å². The van der Waals surface area contributed by atoms with Crippen LogP contribution in [0.5, 0.6) is 0 Å². The average molecular weight is 279 g/mol. The summed E-state index contributed by atoms with van der Waals surface area (Å²) >= 11 is 0. The maximum Gasteiger partial charge on any atom is 0.243 e. The molecule has 0 fully saturated rings. The first-order valence-electron chi connectivity index (χ1n) is 8.91. The topological polar surface area (TPSA) is 8.81 Å². The molecule has 0 saturated heterocycles. The van der Waals surface area contributed by atoms with E-state index in [1.165, 1.54) is 83.7 Å². The van der Waals surface area contributed by atoms with E-state index in [2.05, 4.69) is 41.7 Å². The summed E-state index contributed by atoms with van der Waals surface area (Å²) in [6, 6.07) is 0. The number of hydrogen-bond acceptors (Lipinski definition) is 0. The molecule has 1 aromatic heterocycles. The molecule has 2 heteroatoms. The highest BCUT2D eigenvalue weighted by Crippen LogP contribution is 2.08. The number of aryl methyl sites for hydroxylation is 2. The standard InChI is InChI=1S/C18H35N2/c1-3-5-7-8-9-10-11-13-15-20-17-16-19(18-20)14-12-6-4-2/h16-18H,3-15H2,1-2H3/q+1. The molecule has 20 heavy (non-hydrogen) atoms. The second-order valence-corrected chi connectivity index (χ2v) is 6.07. The maximum absolute atomic E-state index is 2.35. The van der Waals surface area contributed by atoms with Crippen molar-refractivity contribution in [3.8, 4) is 0 Å². The zero-order valence-corrected chi connectivity index (χ0v) is 13.8. The van der Waals surface area contributed by atoms with Crippen molar-refractivity contribution in [1.29, 1.82) is 0 Å². The minimum atomic E-state index is 1.18.